The first kappa shape index (κ1) is 16.1. The number of aromatic nitrogens is 3. The summed E-state index contributed by atoms with van der Waals surface area (Å²) in [5.74, 6) is 0. The predicted octanol–water partition coefficient (Wildman–Crippen LogP) is 1.95. The Morgan fingerprint density at radius 1 is 1.08 bits per heavy atom. The molecule has 0 radical (unpaired) electrons. The van der Waals surface area contributed by atoms with Gasteiger partial charge in [-0.1, -0.05) is 12.1 Å². The van der Waals surface area contributed by atoms with Crippen molar-refractivity contribution < 1.29 is 0 Å². The summed E-state index contributed by atoms with van der Waals surface area (Å²) in [4.78, 5) is 16.4. The quantitative estimate of drug-likeness (QED) is 0.734. The Morgan fingerprint density at radius 3 is 2.60 bits per heavy atom. The lowest BCUT2D eigenvalue weighted by atomic mass is 10.1. The van der Waals surface area contributed by atoms with E-state index in [1.807, 2.05) is 0 Å². The Balaban J connectivity index is 1.42. The van der Waals surface area contributed by atoms with Gasteiger partial charge in [0.15, 0.2) is 0 Å². The number of hydrogen-bond donors (Lipinski definition) is 2. The molecule has 1 aliphatic rings. The van der Waals surface area contributed by atoms with Crippen LogP contribution in [0.1, 0.15) is 4.88 Å². The van der Waals surface area contributed by atoms with E-state index in [0.717, 1.165) is 32.6 Å². The molecule has 1 saturated heterocycles. The van der Waals surface area contributed by atoms with E-state index in [1.165, 1.54) is 21.0 Å². The minimum atomic E-state index is -0.153. The van der Waals surface area contributed by atoms with Gasteiger partial charge in [0.25, 0.3) is 0 Å². The van der Waals surface area contributed by atoms with Crippen LogP contribution in [0.25, 0.3) is 10.4 Å². The zero-order valence-electron chi connectivity index (χ0n) is 13.9. The maximum absolute atomic E-state index is 11.5. The Hall–Kier alpha value is -2.38. The molecule has 6 nitrogen and oxygen atoms in total. The van der Waals surface area contributed by atoms with Crippen LogP contribution in [-0.2, 0) is 13.0 Å². The molecule has 0 unspecified atom stereocenters. The van der Waals surface area contributed by atoms with Crippen molar-refractivity contribution in [3.05, 3.63) is 58.1 Å². The molecule has 0 saturated carbocycles. The van der Waals surface area contributed by atoms with Crippen molar-refractivity contribution in [2.45, 2.75) is 13.0 Å². The lowest BCUT2D eigenvalue weighted by Gasteiger charge is -2.29. The van der Waals surface area contributed by atoms with E-state index in [0.29, 0.717) is 6.54 Å². The fourth-order valence-corrected chi connectivity index (χ4v) is 4.09. The second-order valence-corrected chi connectivity index (χ2v) is 7.32. The highest BCUT2D eigenvalue weighted by Gasteiger charge is 2.11. The monoisotopic (exact) mass is 355 g/mol. The van der Waals surface area contributed by atoms with Gasteiger partial charge >= 0.3 is 5.69 Å². The van der Waals surface area contributed by atoms with Crippen LogP contribution < -0.4 is 15.9 Å². The lowest BCUT2D eigenvalue weighted by Crippen LogP contribution is -2.43. The second kappa shape index (κ2) is 7.25. The molecular formula is C18H21N5OS. The van der Waals surface area contributed by atoms with Crippen LogP contribution in [0.5, 0.6) is 0 Å². The fourth-order valence-electron chi connectivity index (χ4n) is 3.09. The molecule has 1 aliphatic heterocycles. The van der Waals surface area contributed by atoms with Gasteiger partial charge in [0.1, 0.15) is 6.33 Å². The third-order valence-electron chi connectivity index (χ3n) is 4.51. The van der Waals surface area contributed by atoms with Crippen molar-refractivity contribution in [1.82, 2.24) is 20.1 Å². The summed E-state index contributed by atoms with van der Waals surface area (Å²) in [6.07, 6.45) is 2.38. The third-order valence-corrected chi connectivity index (χ3v) is 5.71. The Kier molecular flexibility index (Phi) is 4.67. The van der Waals surface area contributed by atoms with Crippen LogP contribution in [0, 0.1) is 0 Å². The van der Waals surface area contributed by atoms with Gasteiger partial charge in [-0.2, -0.15) is 5.10 Å². The van der Waals surface area contributed by atoms with Crippen LogP contribution in [-0.4, -0.2) is 40.9 Å². The number of piperazine rings is 1. The van der Waals surface area contributed by atoms with E-state index in [1.54, 1.807) is 22.2 Å². The van der Waals surface area contributed by atoms with Crippen molar-refractivity contribution in [3.8, 4) is 10.4 Å². The van der Waals surface area contributed by atoms with Gasteiger partial charge in [-0.3, -0.25) is 4.57 Å². The number of hydrogen-bond acceptors (Lipinski definition) is 5. The van der Waals surface area contributed by atoms with Crippen molar-refractivity contribution in [3.63, 3.8) is 0 Å². The first-order valence-corrected chi connectivity index (χ1v) is 9.36. The summed E-state index contributed by atoms with van der Waals surface area (Å²) < 4.78 is 1.60. The number of nitrogens with one attached hydrogen (secondary N) is 2. The summed E-state index contributed by atoms with van der Waals surface area (Å²) in [7, 11) is 0. The molecule has 130 valence electrons. The second-order valence-electron chi connectivity index (χ2n) is 6.15. The van der Waals surface area contributed by atoms with Gasteiger partial charge in [-0.25, -0.2) is 9.89 Å². The van der Waals surface area contributed by atoms with Gasteiger partial charge in [0.2, 0.25) is 0 Å². The SMILES string of the molecule is O=c1[nH]ncn1CCc1ccc(-c2ccc(N3CCNCC3)cc2)s1. The van der Waals surface area contributed by atoms with Crippen molar-refractivity contribution in [1.29, 1.82) is 0 Å². The molecule has 4 rings (SSSR count). The molecule has 25 heavy (non-hydrogen) atoms. The number of thiophene rings is 1. The number of aromatic amines is 1. The van der Waals surface area contributed by atoms with Crippen LogP contribution in [0.3, 0.4) is 0 Å². The topological polar surface area (TPSA) is 66.0 Å². The molecule has 3 aromatic rings. The van der Waals surface area contributed by atoms with Crippen LogP contribution in [0.4, 0.5) is 5.69 Å². The van der Waals surface area contributed by atoms with Gasteiger partial charge in [0, 0.05) is 48.2 Å². The van der Waals surface area contributed by atoms with E-state index in [-0.39, 0.29) is 5.69 Å². The third kappa shape index (κ3) is 3.67. The predicted molar refractivity (Wildman–Crippen MR) is 101 cm³/mol. The minimum absolute atomic E-state index is 0.153. The smallest absolute Gasteiger partial charge is 0.343 e. The zero-order valence-corrected chi connectivity index (χ0v) is 14.8. The maximum atomic E-state index is 11.5. The molecule has 0 aliphatic carbocycles. The first-order chi connectivity index (χ1) is 12.3. The Bertz CT molecular complexity index is 873. The number of benzene rings is 1. The molecule has 2 aromatic heterocycles. The first-order valence-electron chi connectivity index (χ1n) is 8.54. The van der Waals surface area contributed by atoms with Crippen LogP contribution in [0.15, 0.2) is 47.5 Å². The van der Waals surface area contributed by atoms with E-state index in [9.17, 15) is 4.79 Å². The normalized spacial score (nSPS) is 14.8. The molecule has 0 bridgehead atoms. The van der Waals surface area contributed by atoms with Gasteiger partial charge in [-0.15, -0.1) is 11.3 Å². The summed E-state index contributed by atoms with van der Waals surface area (Å²) in [5, 5.41) is 9.56. The zero-order chi connectivity index (χ0) is 17.1. The van der Waals surface area contributed by atoms with Crippen molar-refractivity contribution >= 4 is 17.0 Å². The highest BCUT2D eigenvalue weighted by molar-refractivity contribution is 7.15. The molecule has 0 atom stereocenters. The maximum Gasteiger partial charge on any atom is 0.343 e. The lowest BCUT2D eigenvalue weighted by molar-refractivity contribution is 0.589. The van der Waals surface area contributed by atoms with E-state index >= 15 is 0 Å². The molecule has 2 N–H and O–H groups in total. The largest absolute Gasteiger partial charge is 0.369 e. The molecule has 1 aromatic carbocycles. The number of H-pyrrole nitrogens is 1. The Labute approximate surface area is 150 Å². The highest BCUT2D eigenvalue weighted by atomic mass is 32.1. The van der Waals surface area contributed by atoms with Crippen molar-refractivity contribution in [2.75, 3.05) is 31.1 Å². The average molecular weight is 355 g/mol. The van der Waals surface area contributed by atoms with Gasteiger partial charge in [0.05, 0.1) is 0 Å². The van der Waals surface area contributed by atoms with E-state index in [4.69, 9.17) is 0 Å². The summed E-state index contributed by atoms with van der Waals surface area (Å²) in [6.45, 7) is 4.88. The number of aryl methyl sites for hydroxylation is 2. The standard InChI is InChI=1S/C18H21N5OS/c24-18-21-20-13-23(18)10-7-16-5-6-17(25-16)14-1-3-15(4-2-14)22-11-8-19-9-12-22/h1-6,13,19H,7-12H2,(H,21,24). The number of rotatable bonds is 5. The van der Waals surface area contributed by atoms with Crippen molar-refractivity contribution in [2.24, 2.45) is 0 Å². The minimum Gasteiger partial charge on any atom is -0.369 e. The highest BCUT2D eigenvalue weighted by Crippen LogP contribution is 2.30. The van der Waals surface area contributed by atoms with Gasteiger partial charge < -0.3 is 10.2 Å². The number of anilines is 1. The number of nitrogens with zero attached hydrogens (tertiary/aromatic N) is 3. The van der Waals surface area contributed by atoms with Crippen LogP contribution >= 0.6 is 11.3 Å². The molecular weight excluding hydrogens is 334 g/mol. The van der Waals surface area contributed by atoms with E-state index in [2.05, 4.69) is 56.8 Å². The molecule has 7 heteroatoms. The summed E-state index contributed by atoms with van der Waals surface area (Å²) >= 11 is 1.79. The van der Waals surface area contributed by atoms with E-state index < -0.39 is 0 Å². The average Bonchev–Trinajstić information content (AvgIpc) is 3.30. The molecule has 1 fully saturated rings. The van der Waals surface area contributed by atoms with Crippen LogP contribution in [0.2, 0.25) is 0 Å². The fraction of sp³-hybridized carbons (Fsp3) is 0.333. The Morgan fingerprint density at radius 2 is 1.88 bits per heavy atom. The molecule has 0 spiro atoms. The van der Waals surface area contributed by atoms with Gasteiger partial charge in [-0.05, 0) is 36.2 Å². The summed E-state index contributed by atoms with van der Waals surface area (Å²) in [6, 6.07) is 13.1. The molecule has 3 heterocycles. The molecule has 0 amide bonds. The summed E-state index contributed by atoms with van der Waals surface area (Å²) in [5.41, 5.74) is 2.39.